The monoisotopic (exact) mass is 328 g/mol. The van der Waals surface area contributed by atoms with Gasteiger partial charge >= 0.3 is 0 Å². The van der Waals surface area contributed by atoms with Crippen LogP contribution in [0.2, 0.25) is 0 Å². The highest BCUT2D eigenvalue weighted by molar-refractivity contribution is 7.58. The molecule has 0 saturated carbocycles. The molecule has 0 aliphatic rings. The van der Waals surface area contributed by atoms with E-state index in [1.54, 1.807) is 12.3 Å². The zero-order valence-corrected chi connectivity index (χ0v) is 17.2. The predicted molar refractivity (Wildman–Crippen MR) is 108 cm³/mol. The molecule has 0 aromatic carbocycles. The summed E-state index contributed by atoms with van der Waals surface area (Å²) in [6, 6.07) is 0. The molecule has 0 nitrogen and oxygen atoms in total. The molecule has 0 N–H and O–H groups in total. The molecule has 134 valence electrons. The Hall–Kier alpha value is 0.430. The fourth-order valence-electron chi connectivity index (χ4n) is 3.47. The summed E-state index contributed by atoms with van der Waals surface area (Å²) in [5.41, 5.74) is 1.06. The standard InChI is InChI=1S/C21H45P/c1-5-9-11-13-15-17-19-22(21(7-3)8-4)20-18-16-14-12-10-6-2/h21H,5-20H2,1-4H3. The van der Waals surface area contributed by atoms with E-state index in [0.29, 0.717) is 7.92 Å². The topological polar surface area (TPSA) is 0 Å². The molecule has 0 radical (unpaired) electrons. The van der Waals surface area contributed by atoms with Gasteiger partial charge < -0.3 is 0 Å². The molecule has 0 aliphatic heterocycles. The van der Waals surface area contributed by atoms with Gasteiger partial charge in [0.15, 0.2) is 0 Å². The van der Waals surface area contributed by atoms with E-state index >= 15 is 0 Å². The van der Waals surface area contributed by atoms with Crippen molar-refractivity contribution >= 4 is 7.92 Å². The second-order valence-corrected chi connectivity index (χ2v) is 9.84. The van der Waals surface area contributed by atoms with E-state index in [1.807, 2.05) is 0 Å². The Morgan fingerprint density at radius 1 is 0.500 bits per heavy atom. The van der Waals surface area contributed by atoms with Crippen molar-refractivity contribution in [2.24, 2.45) is 0 Å². The average Bonchev–Trinajstić information content (AvgIpc) is 2.54. The van der Waals surface area contributed by atoms with Gasteiger partial charge in [0.2, 0.25) is 0 Å². The van der Waals surface area contributed by atoms with E-state index in [-0.39, 0.29) is 0 Å². The van der Waals surface area contributed by atoms with Gasteiger partial charge in [-0.2, -0.15) is 0 Å². The van der Waals surface area contributed by atoms with Crippen LogP contribution in [0.25, 0.3) is 0 Å². The van der Waals surface area contributed by atoms with Crippen LogP contribution in [0.5, 0.6) is 0 Å². The molecule has 0 unspecified atom stereocenters. The van der Waals surface area contributed by atoms with E-state index in [2.05, 4.69) is 27.7 Å². The fraction of sp³-hybridized carbons (Fsp3) is 1.00. The highest BCUT2D eigenvalue weighted by Gasteiger charge is 2.16. The van der Waals surface area contributed by atoms with Gasteiger partial charge in [-0.25, -0.2) is 0 Å². The van der Waals surface area contributed by atoms with Gasteiger partial charge in [0, 0.05) is 0 Å². The van der Waals surface area contributed by atoms with Crippen LogP contribution in [-0.2, 0) is 0 Å². The largest absolute Gasteiger partial charge is 0.104 e. The summed E-state index contributed by atoms with van der Waals surface area (Å²) >= 11 is 0. The lowest BCUT2D eigenvalue weighted by Crippen LogP contribution is -2.08. The Bertz CT molecular complexity index is 182. The van der Waals surface area contributed by atoms with Crippen LogP contribution in [0.3, 0.4) is 0 Å². The fourth-order valence-corrected chi connectivity index (χ4v) is 6.72. The number of rotatable bonds is 17. The average molecular weight is 329 g/mol. The minimum Gasteiger partial charge on any atom is -0.104 e. The zero-order chi connectivity index (χ0) is 16.5. The summed E-state index contributed by atoms with van der Waals surface area (Å²) in [5, 5.41) is 0. The summed E-state index contributed by atoms with van der Waals surface area (Å²) in [6.45, 7) is 9.47. The van der Waals surface area contributed by atoms with Crippen molar-refractivity contribution in [2.75, 3.05) is 12.3 Å². The molecule has 0 heterocycles. The van der Waals surface area contributed by atoms with Crippen LogP contribution < -0.4 is 0 Å². The Balaban J connectivity index is 3.85. The second-order valence-electron chi connectivity index (χ2n) is 7.04. The van der Waals surface area contributed by atoms with Crippen LogP contribution in [-0.4, -0.2) is 18.0 Å². The van der Waals surface area contributed by atoms with Gasteiger partial charge in [0.25, 0.3) is 0 Å². The third-order valence-corrected chi connectivity index (χ3v) is 8.60. The summed E-state index contributed by atoms with van der Waals surface area (Å²) in [6.07, 6.45) is 23.6. The van der Waals surface area contributed by atoms with E-state index in [0.717, 1.165) is 5.66 Å². The summed E-state index contributed by atoms with van der Waals surface area (Å²) < 4.78 is 0. The van der Waals surface area contributed by atoms with E-state index in [1.165, 1.54) is 89.9 Å². The molecule has 0 spiro atoms. The minimum absolute atomic E-state index is 0.327. The van der Waals surface area contributed by atoms with Crippen LogP contribution in [0.4, 0.5) is 0 Å². The number of unbranched alkanes of at least 4 members (excludes halogenated alkanes) is 10. The first-order chi connectivity index (χ1) is 10.8. The maximum Gasteiger partial charge on any atom is -0.0214 e. The van der Waals surface area contributed by atoms with Crippen molar-refractivity contribution in [1.82, 2.24) is 0 Å². The normalized spacial score (nSPS) is 11.7. The first-order valence-electron chi connectivity index (χ1n) is 10.5. The third kappa shape index (κ3) is 12.9. The molecule has 0 aliphatic carbocycles. The lowest BCUT2D eigenvalue weighted by Gasteiger charge is -2.26. The molecule has 22 heavy (non-hydrogen) atoms. The number of hydrogen-bond donors (Lipinski definition) is 0. The van der Waals surface area contributed by atoms with Gasteiger partial charge in [-0.3, -0.25) is 0 Å². The van der Waals surface area contributed by atoms with Gasteiger partial charge in [-0.15, -0.1) is 7.92 Å². The van der Waals surface area contributed by atoms with Crippen molar-refractivity contribution in [2.45, 2.75) is 123 Å². The quantitative estimate of drug-likeness (QED) is 0.186. The maximum absolute atomic E-state index is 2.42. The highest BCUT2D eigenvalue weighted by Crippen LogP contribution is 2.46. The Labute approximate surface area is 144 Å². The first kappa shape index (κ1) is 22.4. The molecule has 0 saturated heterocycles. The van der Waals surface area contributed by atoms with Crippen LogP contribution in [0.15, 0.2) is 0 Å². The maximum atomic E-state index is 2.42. The van der Waals surface area contributed by atoms with E-state index < -0.39 is 0 Å². The van der Waals surface area contributed by atoms with Crippen molar-refractivity contribution < 1.29 is 0 Å². The molecule has 0 aromatic rings. The smallest absolute Gasteiger partial charge is 0.0214 e. The summed E-state index contributed by atoms with van der Waals surface area (Å²) in [7, 11) is 0.327. The second kappa shape index (κ2) is 17.8. The van der Waals surface area contributed by atoms with Gasteiger partial charge in [0.1, 0.15) is 0 Å². The molecular formula is C21H45P. The molecule has 0 atom stereocenters. The van der Waals surface area contributed by atoms with Crippen molar-refractivity contribution in [1.29, 1.82) is 0 Å². The molecule has 0 fully saturated rings. The Morgan fingerprint density at radius 3 is 1.23 bits per heavy atom. The van der Waals surface area contributed by atoms with Crippen LogP contribution in [0.1, 0.15) is 118 Å². The highest BCUT2D eigenvalue weighted by atomic mass is 31.1. The molecule has 0 rings (SSSR count). The summed E-state index contributed by atoms with van der Waals surface area (Å²) in [5.74, 6) is 0. The third-order valence-electron chi connectivity index (χ3n) is 5.06. The Morgan fingerprint density at radius 2 is 0.864 bits per heavy atom. The van der Waals surface area contributed by atoms with Crippen molar-refractivity contribution in [3.63, 3.8) is 0 Å². The van der Waals surface area contributed by atoms with Crippen molar-refractivity contribution in [3.05, 3.63) is 0 Å². The predicted octanol–water partition coefficient (Wildman–Crippen LogP) is 8.38. The van der Waals surface area contributed by atoms with Crippen LogP contribution >= 0.6 is 7.92 Å². The van der Waals surface area contributed by atoms with Crippen LogP contribution in [0, 0.1) is 0 Å². The molecule has 0 aromatic heterocycles. The van der Waals surface area contributed by atoms with Gasteiger partial charge in [-0.05, 0) is 43.7 Å². The molecule has 1 heteroatoms. The van der Waals surface area contributed by atoms with Crippen molar-refractivity contribution in [3.8, 4) is 0 Å². The zero-order valence-electron chi connectivity index (χ0n) is 16.3. The summed E-state index contributed by atoms with van der Waals surface area (Å²) in [4.78, 5) is 0. The van der Waals surface area contributed by atoms with E-state index in [4.69, 9.17) is 0 Å². The van der Waals surface area contributed by atoms with Gasteiger partial charge in [0.05, 0.1) is 0 Å². The van der Waals surface area contributed by atoms with E-state index in [9.17, 15) is 0 Å². The molecule has 0 amide bonds. The molecule has 0 bridgehead atoms. The number of hydrogen-bond acceptors (Lipinski definition) is 0. The Kier molecular flexibility index (Phi) is 18.1. The SMILES string of the molecule is CCCCCCCCP(CCCCCCCC)C(CC)CC. The lowest BCUT2D eigenvalue weighted by atomic mass is 10.1. The minimum atomic E-state index is 0.327. The lowest BCUT2D eigenvalue weighted by molar-refractivity contribution is 0.619. The molecular weight excluding hydrogens is 283 g/mol. The first-order valence-corrected chi connectivity index (χ1v) is 12.3. The van der Waals surface area contributed by atoms with Gasteiger partial charge in [-0.1, -0.05) is 91.9 Å².